The summed E-state index contributed by atoms with van der Waals surface area (Å²) in [6.07, 6.45) is -3.95. The summed E-state index contributed by atoms with van der Waals surface area (Å²) < 4.78 is 40.0. The Hall–Kier alpha value is -0.560. The predicted molar refractivity (Wildman–Crippen MR) is 76.6 cm³/mol. The summed E-state index contributed by atoms with van der Waals surface area (Å²) in [6.45, 7) is 0. The van der Waals surface area contributed by atoms with Crippen LogP contribution in [0.25, 0.3) is 0 Å². The lowest BCUT2D eigenvalue weighted by Crippen LogP contribution is -2.46. The van der Waals surface area contributed by atoms with Gasteiger partial charge in [-0.05, 0) is 36.4 Å². The zero-order valence-electron chi connectivity index (χ0n) is 10.2. The van der Waals surface area contributed by atoms with E-state index in [4.69, 9.17) is 11.6 Å². The van der Waals surface area contributed by atoms with E-state index in [9.17, 15) is 13.2 Å². The van der Waals surface area contributed by atoms with Crippen LogP contribution in [0.3, 0.4) is 0 Å². The number of rotatable bonds is 4. The molecule has 0 amide bonds. The Kier molecular flexibility index (Phi) is 3.61. The van der Waals surface area contributed by atoms with E-state index in [1.807, 2.05) is 17.5 Å². The first-order chi connectivity index (χ1) is 9.41. The van der Waals surface area contributed by atoms with Gasteiger partial charge in [-0.2, -0.15) is 13.2 Å². The molecule has 0 saturated heterocycles. The fourth-order valence-electron chi connectivity index (χ4n) is 2.13. The molecular formula is C13H11ClF3NS2. The molecule has 7 heteroatoms. The second-order valence-corrected chi connectivity index (χ2v) is 7.54. The van der Waals surface area contributed by atoms with Gasteiger partial charge >= 0.3 is 6.18 Å². The van der Waals surface area contributed by atoms with Crippen molar-refractivity contribution in [3.63, 3.8) is 0 Å². The second-order valence-electron chi connectivity index (χ2n) is 4.81. The van der Waals surface area contributed by atoms with Crippen molar-refractivity contribution in [1.82, 2.24) is 5.32 Å². The predicted octanol–water partition coefficient (Wildman–Crippen LogP) is 5.24. The first-order valence-electron chi connectivity index (χ1n) is 6.04. The number of thiophene rings is 2. The van der Waals surface area contributed by atoms with Gasteiger partial charge in [0, 0.05) is 9.75 Å². The van der Waals surface area contributed by atoms with Crippen molar-refractivity contribution in [2.24, 2.45) is 0 Å². The lowest BCUT2D eigenvalue weighted by molar-refractivity contribution is -0.167. The van der Waals surface area contributed by atoms with Gasteiger partial charge < -0.3 is 0 Å². The summed E-state index contributed by atoms with van der Waals surface area (Å²) in [6, 6.07) is 6.75. The lowest BCUT2D eigenvalue weighted by Gasteiger charge is -2.26. The van der Waals surface area contributed by atoms with Crippen molar-refractivity contribution in [1.29, 1.82) is 0 Å². The topological polar surface area (TPSA) is 12.0 Å². The van der Waals surface area contributed by atoms with Crippen LogP contribution in [0.5, 0.6) is 0 Å². The normalized spacial score (nSPS) is 19.0. The fraction of sp³-hybridized carbons (Fsp3) is 0.385. The molecule has 0 radical (unpaired) electrons. The van der Waals surface area contributed by atoms with E-state index in [-0.39, 0.29) is 12.8 Å². The quantitative estimate of drug-likeness (QED) is 0.804. The molecule has 0 bridgehead atoms. The van der Waals surface area contributed by atoms with Crippen molar-refractivity contribution in [2.75, 3.05) is 0 Å². The van der Waals surface area contributed by atoms with Gasteiger partial charge in [0.05, 0.1) is 10.4 Å². The van der Waals surface area contributed by atoms with Crippen LogP contribution in [-0.2, 0) is 0 Å². The van der Waals surface area contributed by atoms with Gasteiger partial charge in [0.2, 0.25) is 0 Å². The summed E-state index contributed by atoms with van der Waals surface area (Å²) >= 11 is 8.68. The van der Waals surface area contributed by atoms with Crippen molar-refractivity contribution in [2.45, 2.75) is 30.6 Å². The monoisotopic (exact) mass is 337 g/mol. The van der Waals surface area contributed by atoms with E-state index in [1.165, 1.54) is 22.7 Å². The minimum Gasteiger partial charge on any atom is -0.291 e. The summed E-state index contributed by atoms with van der Waals surface area (Å²) in [5.74, 6) is 0. The zero-order valence-corrected chi connectivity index (χ0v) is 12.6. The molecule has 108 valence electrons. The average Bonchev–Trinajstić information content (AvgIpc) is 2.81. The molecule has 1 aliphatic rings. The fourth-order valence-corrected chi connectivity index (χ4v) is 4.13. The molecule has 3 rings (SSSR count). The molecule has 2 aromatic heterocycles. The van der Waals surface area contributed by atoms with Crippen molar-refractivity contribution < 1.29 is 13.2 Å². The van der Waals surface area contributed by atoms with Crippen LogP contribution in [0, 0.1) is 0 Å². The molecule has 1 saturated carbocycles. The number of alkyl halides is 3. The zero-order chi connectivity index (χ0) is 14.4. The second kappa shape index (κ2) is 5.02. The van der Waals surface area contributed by atoms with Crippen LogP contribution in [0.15, 0.2) is 29.6 Å². The van der Waals surface area contributed by atoms with E-state index in [2.05, 4.69) is 5.32 Å². The Morgan fingerprint density at radius 1 is 1.20 bits per heavy atom. The third-order valence-corrected chi connectivity index (χ3v) is 5.65. The molecule has 1 atom stereocenters. The number of halogens is 4. The maximum atomic E-state index is 13.1. The van der Waals surface area contributed by atoms with Gasteiger partial charge in [-0.3, -0.25) is 5.32 Å². The van der Waals surface area contributed by atoms with Crippen LogP contribution in [0.1, 0.15) is 28.6 Å². The third kappa shape index (κ3) is 2.62. The molecule has 0 spiro atoms. The van der Waals surface area contributed by atoms with Crippen LogP contribution in [0.2, 0.25) is 4.34 Å². The summed E-state index contributed by atoms with van der Waals surface area (Å²) in [4.78, 5) is 1.69. The Balaban J connectivity index is 1.92. The summed E-state index contributed by atoms with van der Waals surface area (Å²) in [7, 11) is 0. The van der Waals surface area contributed by atoms with Crippen molar-refractivity contribution >= 4 is 34.3 Å². The van der Waals surface area contributed by atoms with Crippen molar-refractivity contribution in [3.8, 4) is 0 Å². The Morgan fingerprint density at radius 3 is 2.40 bits per heavy atom. The standard InChI is InChI=1S/C13H11ClF3NS2/c14-10-4-3-9(20-10)11(8-2-1-7-19-8)18-12(5-6-12)13(15,16)17/h1-4,7,11,18H,5-6H2. The molecule has 1 unspecified atom stereocenters. The van der Waals surface area contributed by atoms with Gasteiger partial charge in [-0.1, -0.05) is 17.7 Å². The molecule has 1 fully saturated rings. The van der Waals surface area contributed by atoms with Crippen molar-refractivity contribution in [3.05, 3.63) is 43.7 Å². The molecular weight excluding hydrogens is 327 g/mol. The Morgan fingerprint density at radius 2 is 1.95 bits per heavy atom. The highest BCUT2D eigenvalue weighted by atomic mass is 35.5. The molecule has 0 aromatic carbocycles. The molecule has 2 aromatic rings. The molecule has 1 aliphatic carbocycles. The van der Waals surface area contributed by atoms with Crippen LogP contribution < -0.4 is 5.32 Å². The van der Waals surface area contributed by atoms with E-state index in [0.29, 0.717) is 4.34 Å². The Bertz CT molecular complexity index is 587. The maximum absolute atomic E-state index is 13.1. The van der Waals surface area contributed by atoms with Crippen LogP contribution >= 0.6 is 34.3 Å². The maximum Gasteiger partial charge on any atom is 0.406 e. The van der Waals surface area contributed by atoms with E-state index in [0.717, 1.165) is 9.75 Å². The highest BCUT2D eigenvalue weighted by Crippen LogP contribution is 2.51. The third-order valence-electron chi connectivity index (χ3n) is 3.42. The van der Waals surface area contributed by atoms with Gasteiger partial charge in [0.15, 0.2) is 0 Å². The highest BCUT2D eigenvalue weighted by molar-refractivity contribution is 7.16. The SMILES string of the molecule is FC(F)(F)C1(NC(c2cccs2)c2ccc(Cl)s2)CC1. The van der Waals surface area contributed by atoms with Crippen LogP contribution in [0.4, 0.5) is 13.2 Å². The van der Waals surface area contributed by atoms with Gasteiger partial charge in [0.1, 0.15) is 5.54 Å². The smallest absolute Gasteiger partial charge is 0.291 e. The minimum absolute atomic E-state index is 0.136. The lowest BCUT2D eigenvalue weighted by atomic mass is 10.1. The molecule has 2 heterocycles. The number of hydrogen-bond acceptors (Lipinski definition) is 3. The highest BCUT2D eigenvalue weighted by Gasteiger charge is 2.64. The van der Waals surface area contributed by atoms with Gasteiger partial charge in [0.25, 0.3) is 0 Å². The summed E-state index contributed by atoms with van der Waals surface area (Å²) in [5, 5.41) is 4.68. The first kappa shape index (κ1) is 14.4. The molecule has 20 heavy (non-hydrogen) atoms. The van der Waals surface area contributed by atoms with Gasteiger partial charge in [-0.15, -0.1) is 22.7 Å². The molecule has 1 nitrogen and oxygen atoms in total. The van der Waals surface area contributed by atoms with Crippen LogP contribution in [-0.4, -0.2) is 11.7 Å². The Labute approximate surface area is 127 Å². The molecule has 1 N–H and O–H groups in total. The minimum atomic E-state index is -4.22. The average molecular weight is 338 g/mol. The summed E-state index contributed by atoms with van der Waals surface area (Å²) in [5.41, 5.74) is -1.74. The van der Waals surface area contributed by atoms with E-state index in [1.54, 1.807) is 12.1 Å². The first-order valence-corrected chi connectivity index (χ1v) is 8.12. The van der Waals surface area contributed by atoms with Gasteiger partial charge in [-0.25, -0.2) is 0 Å². The molecule has 0 aliphatic heterocycles. The number of nitrogens with one attached hydrogen (secondary N) is 1. The largest absolute Gasteiger partial charge is 0.406 e. The van der Waals surface area contributed by atoms with E-state index >= 15 is 0 Å². The number of hydrogen-bond donors (Lipinski definition) is 1. The van der Waals surface area contributed by atoms with E-state index < -0.39 is 17.8 Å².